The molecule has 1 fully saturated rings. The molecule has 28 heteroatoms. The van der Waals surface area contributed by atoms with Gasteiger partial charge in [-0.15, -0.1) is 0 Å². The molecule has 0 unspecified atom stereocenters. The van der Waals surface area contributed by atoms with Gasteiger partial charge in [-0.2, -0.15) is 15.3 Å². The third kappa shape index (κ3) is 30.0. The molecule has 0 aliphatic carbocycles. The fourth-order valence-electron chi connectivity index (χ4n) is 15.8. The molecule has 0 atom stereocenters. The first-order valence-corrected chi connectivity index (χ1v) is 49.7. The van der Waals surface area contributed by atoms with E-state index < -0.39 is 36.2 Å². The van der Waals surface area contributed by atoms with Crippen LogP contribution in [0.4, 0.5) is 0 Å². The molecule has 750 valence electrons. The van der Waals surface area contributed by atoms with E-state index >= 15 is 0 Å². The topological polar surface area (TPSA) is 284 Å². The maximum absolute atomic E-state index is 12.3. The molecule has 0 bridgehead atoms. The first kappa shape index (κ1) is 108. The zero-order chi connectivity index (χ0) is 102. The zero-order valence-corrected chi connectivity index (χ0v) is 86.5. The third-order valence-corrected chi connectivity index (χ3v) is 24.5. The summed E-state index contributed by atoms with van der Waals surface area (Å²) >= 11 is 2.22. The third-order valence-electron chi connectivity index (χ3n) is 23.9. The van der Waals surface area contributed by atoms with Crippen molar-refractivity contribution in [2.45, 2.75) is 171 Å². The van der Waals surface area contributed by atoms with Gasteiger partial charge in [0.2, 0.25) is 0 Å². The van der Waals surface area contributed by atoms with Gasteiger partial charge in [-0.05, 0) is 202 Å². The minimum Gasteiger partial charge on any atom is -0.507 e. The van der Waals surface area contributed by atoms with Gasteiger partial charge in [-0.25, -0.2) is 14.4 Å². The van der Waals surface area contributed by atoms with Gasteiger partial charge in [0.15, 0.2) is 0 Å². The van der Waals surface area contributed by atoms with Crippen molar-refractivity contribution in [3.8, 4) is 108 Å². The number of hydrogen-bond acceptors (Lipinski definition) is 22. The Bertz CT molecular complexity index is 6450. The largest absolute Gasteiger partial charge is 0.507 e. The molecule has 0 radical (unpaired) electrons. The number of esters is 2. The lowest BCUT2D eigenvalue weighted by molar-refractivity contribution is 0.00578. The van der Waals surface area contributed by atoms with Crippen LogP contribution in [0.5, 0.6) is 86.2 Å². The minimum absolute atomic E-state index is 0.106. The number of benzene rings is 11. The lowest BCUT2D eigenvalue weighted by atomic mass is 9.77. The molecule has 0 amide bonds. The standard InChI is InChI=1S/C41H49BO8.C39H42N2O6.C31H34N2O6.C4H5IN2/c1-8-17-31-34(22-15-23-35(31)48-36-21-14-13-20-32(36)39(43)44-7)45-24-16-25-46-37-27-38(47-28-29-18-11-10-12-19-29)33(26-30(37)9-2)42-49-40(3,4)41(5,6)50-42;1-5-14-31-34(19-12-20-35(31)47-36-18-11-10-17-32(36)39(42)43-4)44-21-13-22-45-37-24-38(46-27-28-15-8-7-9-16-28)33(23-29(37)6-2)30-25-40-41(3)26-30;1-4-10-23-27(13-8-14-28(23)39-29-12-7-6-11-24(29)31(35)36)37-15-9-16-38-30-18-26(34)25(17-21(30)5-2)22-19-32-33(3)20-22;1-7-3-4(5)2-6-7/h10-15,18-23,26-27H,8-9,16-17,24-25,28H2,1-7H3;7-12,15-20,23-26H,5-6,13-14,21-22,27H2,1-4H3;6-8,11-14,17-20,34H,4-5,9-10,15-16H2,1-3H3,(H,35,36);2-3H,1H3. The van der Waals surface area contributed by atoms with Crippen LogP contribution in [-0.2, 0) is 91.7 Å². The fourth-order valence-corrected chi connectivity index (χ4v) is 16.3. The smallest absolute Gasteiger partial charge is 0.498 e. The molecule has 4 heterocycles. The average Bonchev–Trinajstić information content (AvgIpc) is 1.61. The summed E-state index contributed by atoms with van der Waals surface area (Å²) in [7, 11) is 7.81. The molecule has 11 aromatic carbocycles. The number of ether oxygens (including phenoxy) is 13. The van der Waals surface area contributed by atoms with Crippen molar-refractivity contribution in [2.24, 2.45) is 21.1 Å². The molecule has 0 spiro atoms. The summed E-state index contributed by atoms with van der Waals surface area (Å²) in [4.78, 5) is 36.2. The lowest BCUT2D eigenvalue weighted by Gasteiger charge is -2.32. The summed E-state index contributed by atoms with van der Waals surface area (Å²) in [6.45, 7) is 24.3. The summed E-state index contributed by atoms with van der Waals surface area (Å²) in [6.07, 6.45) is 20.4. The Hall–Kier alpha value is -14.2. The quantitative estimate of drug-likeness (QED) is 0.0155. The van der Waals surface area contributed by atoms with Crippen molar-refractivity contribution in [3.05, 3.63) is 326 Å². The molecule has 1 aliphatic rings. The van der Waals surface area contributed by atoms with E-state index in [4.69, 9.17) is 70.9 Å². The second-order valence-corrected chi connectivity index (χ2v) is 36.2. The molecule has 26 nitrogen and oxygen atoms in total. The minimum atomic E-state index is -1.04. The maximum Gasteiger partial charge on any atom is 0.498 e. The number of para-hydroxylation sites is 3. The number of nitrogens with zero attached hydrogens (tertiary/aromatic N) is 6. The number of carbonyl (C=O) groups is 3. The highest BCUT2D eigenvalue weighted by molar-refractivity contribution is 14.1. The molecule has 14 aromatic rings. The van der Waals surface area contributed by atoms with Gasteiger partial charge in [0.05, 0.1) is 87.2 Å². The predicted molar refractivity (Wildman–Crippen MR) is 564 cm³/mol. The van der Waals surface area contributed by atoms with E-state index in [1.54, 1.807) is 80.9 Å². The molecule has 15 rings (SSSR count). The number of phenols is 1. The molecular formula is C115H130BIN6O20. The highest BCUT2D eigenvalue weighted by Crippen LogP contribution is 2.44. The van der Waals surface area contributed by atoms with E-state index in [1.165, 1.54) is 23.9 Å². The number of phenolic OH excluding ortho intramolecular Hbond substituents is 1. The number of carboxylic acids is 1. The van der Waals surface area contributed by atoms with Crippen molar-refractivity contribution in [1.29, 1.82) is 0 Å². The van der Waals surface area contributed by atoms with Gasteiger partial charge in [-0.1, -0.05) is 182 Å². The fraction of sp³-hybridized carbons (Fsp3) is 0.322. The molecule has 2 N–H and O–H groups in total. The zero-order valence-electron chi connectivity index (χ0n) is 84.3. The van der Waals surface area contributed by atoms with Crippen molar-refractivity contribution in [3.63, 3.8) is 0 Å². The molecule has 143 heavy (non-hydrogen) atoms. The van der Waals surface area contributed by atoms with Gasteiger partial charge < -0.3 is 81.1 Å². The molecule has 3 aromatic heterocycles. The first-order valence-electron chi connectivity index (χ1n) is 48.6. The van der Waals surface area contributed by atoms with Crippen LogP contribution in [0.1, 0.15) is 183 Å². The van der Waals surface area contributed by atoms with Gasteiger partial charge >= 0.3 is 25.0 Å². The average molecular weight is 2050 g/mol. The van der Waals surface area contributed by atoms with Gasteiger partial charge in [0, 0.05) is 122 Å². The Kier molecular flexibility index (Phi) is 40.3. The van der Waals surface area contributed by atoms with Gasteiger partial charge in [-0.3, -0.25) is 14.0 Å². The maximum atomic E-state index is 12.3. The summed E-state index contributed by atoms with van der Waals surface area (Å²) in [5.41, 5.74) is 12.4. The number of rotatable bonds is 45. The van der Waals surface area contributed by atoms with Gasteiger partial charge in [0.25, 0.3) is 0 Å². The Balaban J connectivity index is 0.000000186. The second-order valence-electron chi connectivity index (χ2n) is 34.9. The Morgan fingerprint density at radius 2 is 0.706 bits per heavy atom. The molecule has 0 saturated carbocycles. The Morgan fingerprint density at radius 3 is 1.08 bits per heavy atom. The summed E-state index contributed by atoms with van der Waals surface area (Å²) in [5.74, 6) is 7.11. The second kappa shape index (κ2) is 53.6. The van der Waals surface area contributed by atoms with Gasteiger partial charge in [0.1, 0.15) is 116 Å². The number of hydrogen-bond donors (Lipinski definition) is 2. The van der Waals surface area contributed by atoms with Crippen LogP contribution in [0.3, 0.4) is 0 Å². The number of methoxy groups -OCH3 is 2. The van der Waals surface area contributed by atoms with Crippen LogP contribution in [-0.4, -0.2) is 130 Å². The summed E-state index contributed by atoms with van der Waals surface area (Å²) < 4.78 is 97.9. The normalized spacial score (nSPS) is 12.1. The van der Waals surface area contributed by atoms with Crippen LogP contribution in [0.15, 0.2) is 262 Å². The van der Waals surface area contributed by atoms with E-state index in [0.29, 0.717) is 129 Å². The van der Waals surface area contributed by atoms with Crippen molar-refractivity contribution >= 4 is 53.1 Å². The Morgan fingerprint density at radius 1 is 0.371 bits per heavy atom. The lowest BCUT2D eigenvalue weighted by Crippen LogP contribution is -2.41. The monoisotopic (exact) mass is 2050 g/mol. The van der Waals surface area contributed by atoms with Crippen LogP contribution >= 0.6 is 22.6 Å². The van der Waals surface area contributed by atoms with E-state index in [-0.39, 0.29) is 17.1 Å². The first-order chi connectivity index (χ1) is 69.3. The molecule has 1 aliphatic heterocycles. The molecular weight excluding hydrogens is 1920 g/mol. The SMILES string of the molecule is CCCc1c(OCCCOc2cc(O)c(-c3cnn(C)c3)cc2CC)cccc1Oc1ccccc1C(=O)O.CCCc1c(OCCCOc2cc(OCc3ccccc3)c(-c3cnn(C)c3)cc2CC)cccc1Oc1ccccc1C(=O)OC.CCCc1c(OCCCOc2cc(OCc3ccccc3)c(B3OC(C)(C)C(C)(C)O3)cc2CC)cccc1Oc1ccccc1C(=O)OC.Cn1cc(I)cn1. The number of carboxylic acid groups (broad SMARTS) is 1. The predicted octanol–water partition coefficient (Wildman–Crippen LogP) is 24.8. The van der Waals surface area contributed by atoms with Crippen LogP contribution in [0.25, 0.3) is 22.3 Å². The highest BCUT2D eigenvalue weighted by Gasteiger charge is 2.53. The van der Waals surface area contributed by atoms with Crippen molar-refractivity contribution < 1.29 is 95.5 Å². The van der Waals surface area contributed by atoms with E-state index in [2.05, 4.69) is 131 Å². The number of carbonyl (C=O) groups excluding carboxylic acids is 2. The number of aromatic carboxylic acids is 1. The van der Waals surface area contributed by atoms with Crippen molar-refractivity contribution in [1.82, 2.24) is 29.3 Å². The summed E-state index contributed by atoms with van der Waals surface area (Å²) in [6, 6.07) is 69.8. The van der Waals surface area contributed by atoms with Crippen LogP contribution in [0, 0.1) is 3.57 Å². The van der Waals surface area contributed by atoms with Crippen molar-refractivity contribution in [2.75, 3.05) is 53.9 Å². The highest BCUT2D eigenvalue weighted by atomic mass is 127. The Labute approximate surface area is 853 Å². The summed E-state index contributed by atoms with van der Waals surface area (Å²) in [5, 5.41) is 32.6. The number of aryl methyl sites for hydroxylation is 6. The van der Waals surface area contributed by atoms with Crippen LogP contribution < -0.4 is 57.6 Å². The van der Waals surface area contributed by atoms with Crippen LogP contribution in [0.2, 0.25) is 0 Å². The van der Waals surface area contributed by atoms with E-state index in [1.807, 2.05) is 186 Å². The van der Waals surface area contributed by atoms with E-state index in [0.717, 1.165) is 159 Å². The number of aromatic hydroxyl groups is 1. The molecule has 1 saturated heterocycles. The number of aromatic nitrogens is 6. The number of halogens is 1. The van der Waals surface area contributed by atoms with E-state index in [9.17, 15) is 24.6 Å².